The highest BCUT2D eigenvalue weighted by Crippen LogP contribution is 2.21. The normalized spacial score (nSPS) is 23.0. The zero-order valence-electron chi connectivity index (χ0n) is 9.58. The van der Waals surface area contributed by atoms with Crippen LogP contribution in [0.25, 0.3) is 0 Å². The van der Waals surface area contributed by atoms with Crippen LogP contribution in [0.1, 0.15) is 31.4 Å². The Labute approximate surface area is 95.8 Å². The van der Waals surface area contributed by atoms with Gasteiger partial charge >= 0.3 is 0 Å². The Morgan fingerprint density at radius 1 is 1.38 bits per heavy atom. The zero-order valence-corrected chi connectivity index (χ0v) is 9.58. The number of piperidine rings is 1. The maximum Gasteiger partial charge on any atom is 0.123 e. The maximum absolute atomic E-state index is 12.8. The summed E-state index contributed by atoms with van der Waals surface area (Å²) in [5.41, 5.74) is 1.03. The first-order valence-electron chi connectivity index (χ1n) is 5.87. The van der Waals surface area contributed by atoms with Gasteiger partial charge < -0.3 is 10.1 Å². The predicted molar refractivity (Wildman–Crippen MR) is 61.8 cm³/mol. The van der Waals surface area contributed by atoms with Gasteiger partial charge in [-0.2, -0.15) is 0 Å². The number of halogens is 1. The standard InChI is InChI=1S/C13H18FNO/c1-10(11-4-6-12(14)7-5-11)16-13-3-2-8-15-9-13/h4-7,10,13,15H,2-3,8-9H2,1H3. The minimum Gasteiger partial charge on any atom is -0.369 e. The monoisotopic (exact) mass is 223 g/mol. The van der Waals surface area contributed by atoms with E-state index < -0.39 is 0 Å². The molecule has 1 aliphatic heterocycles. The van der Waals surface area contributed by atoms with E-state index in [0.717, 1.165) is 25.1 Å². The smallest absolute Gasteiger partial charge is 0.123 e. The van der Waals surface area contributed by atoms with Gasteiger partial charge in [0.15, 0.2) is 0 Å². The van der Waals surface area contributed by atoms with Crippen molar-refractivity contribution in [3.63, 3.8) is 0 Å². The van der Waals surface area contributed by atoms with Crippen LogP contribution in [0, 0.1) is 5.82 Å². The van der Waals surface area contributed by atoms with Gasteiger partial charge in [-0.05, 0) is 44.0 Å². The van der Waals surface area contributed by atoms with Crippen LogP contribution in [-0.2, 0) is 4.74 Å². The van der Waals surface area contributed by atoms with Crippen LogP contribution in [0.5, 0.6) is 0 Å². The number of rotatable bonds is 3. The fraction of sp³-hybridized carbons (Fsp3) is 0.538. The second-order valence-corrected chi connectivity index (χ2v) is 4.30. The van der Waals surface area contributed by atoms with E-state index in [2.05, 4.69) is 5.32 Å². The second-order valence-electron chi connectivity index (χ2n) is 4.30. The van der Waals surface area contributed by atoms with Gasteiger partial charge in [-0.3, -0.25) is 0 Å². The molecule has 1 aromatic carbocycles. The van der Waals surface area contributed by atoms with Crippen molar-refractivity contribution in [2.24, 2.45) is 0 Å². The van der Waals surface area contributed by atoms with Gasteiger partial charge in [-0.15, -0.1) is 0 Å². The Morgan fingerprint density at radius 3 is 2.75 bits per heavy atom. The van der Waals surface area contributed by atoms with Gasteiger partial charge in [-0.1, -0.05) is 12.1 Å². The summed E-state index contributed by atoms with van der Waals surface area (Å²) in [6.07, 6.45) is 2.60. The van der Waals surface area contributed by atoms with Gasteiger partial charge in [0.1, 0.15) is 5.82 Å². The molecule has 1 aliphatic rings. The maximum atomic E-state index is 12.8. The van der Waals surface area contributed by atoms with Gasteiger partial charge in [0, 0.05) is 6.54 Å². The molecule has 0 radical (unpaired) electrons. The van der Waals surface area contributed by atoms with E-state index in [1.54, 1.807) is 12.1 Å². The molecule has 0 spiro atoms. The Morgan fingerprint density at radius 2 is 2.12 bits per heavy atom. The summed E-state index contributed by atoms with van der Waals surface area (Å²) < 4.78 is 18.7. The molecule has 1 aromatic rings. The van der Waals surface area contributed by atoms with Crippen LogP contribution < -0.4 is 5.32 Å². The molecular weight excluding hydrogens is 205 g/mol. The van der Waals surface area contributed by atoms with E-state index in [1.165, 1.54) is 18.6 Å². The molecule has 88 valence electrons. The molecule has 2 atom stereocenters. The molecule has 3 heteroatoms. The quantitative estimate of drug-likeness (QED) is 0.850. The number of hydrogen-bond acceptors (Lipinski definition) is 2. The van der Waals surface area contributed by atoms with Crippen molar-refractivity contribution in [3.05, 3.63) is 35.6 Å². The molecule has 1 fully saturated rings. The Hall–Kier alpha value is -0.930. The Bertz CT molecular complexity index is 319. The Balaban J connectivity index is 1.91. The van der Waals surface area contributed by atoms with Crippen molar-refractivity contribution in [1.29, 1.82) is 0 Å². The first-order chi connectivity index (χ1) is 7.75. The van der Waals surface area contributed by atoms with Crippen LogP contribution in [0.15, 0.2) is 24.3 Å². The van der Waals surface area contributed by atoms with Crippen LogP contribution in [0.3, 0.4) is 0 Å². The molecule has 0 aliphatic carbocycles. The highest BCUT2D eigenvalue weighted by atomic mass is 19.1. The van der Waals surface area contributed by atoms with Crippen molar-refractivity contribution >= 4 is 0 Å². The highest BCUT2D eigenvalue weighted by Gasteiger charge is 2.17. The number of nitrogens with one attached hydrogen (secondary N) is 1. The third-order valence-electron chi connectivity index (χ3n) is 2.99. The SMILES string of the molecule is CC(OC1CCCNC1)c1ccc(F)cc1. The number of ether oxygens (including phenoxy) is 1. The van der Waals surface area contributed by atoms with Crippen molar-refractivity contribution in [3.8, 4) is 0 Å². The van der Waals surface area contributed by atoms with Crippen molar-refractivity contribution < 1.29 is 9.13 Å². The van der Waals surface area contributed by atoms with Gasteiger partial charge in [0.2, 0.25) is 0 Å². The molecule has 16 heavy (non-hydrogen) atoms. The summed E-state index contributed by atoms with van der Waals surface area (Å²) in [7, 11) is 0. The van der Waals surface area contributed by atoms with E-state index in [9.17, 15) is 4.39 Å². The second kappa shape index (κ2) is 5.41. The summed E-state index contributed by atoms with van der Waals surface area (Å²) in [6, 6.07) is 6.54. The lowest BCUT2D eigenvalue weighted by atomic mass is 10.1. The fourth-order valence-electron chi connectivity index (χ4n) is 2.04. The number of hydrogen-bond donors (Lipinski definition) is 1. The zero-order chi connectivity index (χ0) is 11.4. The molecule has 1 N–H and O–H groups in total. The lowest BCUT2D eigenvalue weighted by molar-refractivity contribution is -0.0150. The first-order valence-corrected chi connectivity index (χ1v) is 5.87. The largest absolute Gasteiger partial charge is 0.369 e. The molecule has 0 saturated carbocycles. The average Bonchev–Trinajstić information content (AvgIpc) is 2.31. The molecule has 0 bridgehead atoms. The molecule has 0 aromatic heterocycles. The lowest BCUT2D eigenvalue weighted by Gasteiger charge is -2.26. The third-order valence-corrected chi connectivity index (χ3v) is 2.99. The van der Waals surface area contributed by atoms with Crippen LogP contribution >= 0.6 is 0 Å². The molecular formula is C13H18FNO. The van der Waals surface area contributed by atoms with Crippen molar-refractivity contribution in [2.45, 2.75) is 32.0 Å². The van der Waals surface area contributed by atoms with Crippen LogP contribution in [-0.4, -0.2) is 19.2 Å². The molecule has 1 heterocycles. The average molecular weight is 223 g/mol. The predicted octanol–water partition coefficient (Wildman–Crippen LogP) is 2.66. The van der Waals surface area contributed by atoms with E-state index in [1.807, 2.05) is 6.92 Å². The van der Waals surface area contributed by atoms with E-state index in [-0.39, 0.29) is 18.0 Å². The van der Waals surface area contributed by atoms with Crippen LogP contribution in [0.4, 0.5) is 4.39 Å². The minimum atomic E-state index is -0.199. The van der Waals surface area contributed by atoms with E-state index in [4.69, 9.17) is 4.74 Å². The van der Waals surface area contributed by atoms with E-state index >= 15 is 0 Å². The van der Waals surface area contributed by atoms with E-state index in [0.29, 0.717) is 0 Å². The van der Waals surface area contributed by atoms with Gasteiger partial charge in [0.05, 0.1) is 12.2 Å². The summed E-state index contributed by atoms with van der Waals surface area (Å²) in [5.74, 6) is -0.199. The summed E-state index contributed by atoms with van der Waals surface area (Å²) in [6.45, 7) is 4.03. The summed E-state index contributed by atoms with van der Waals surface area (Å²) >= 11 is 0. The minimum absolute atomic E-state index is 0.0329. The summed E-state index contributed by atoms with van der Waals surface area (Å²) in [5, 5.41) is 3.32. The van der Waals surface area contributed by atoms with Gasteiger partial charge in [-0.25, -0.2) is 4.39 Å². The third kappa shape index (κ3) is 3.03. The molecule has 2 unspecified atom stereocenters. The first kappa shape index (κ1) is 11.6. The van der Waals surface area contributed by atoms with Crippen molar-refractivity contribution in [1.82, 2.24) is 5.32 Å². The summed E-state index contributed by atoms with van der Waals surface area (Å²) in [4.78, 5) is 0. The topological polar surface area (TPSA) is 21.3 Å². The Kier molecular flexibility index (Phi) is 3.91. The molecule has 0 amide bonds. The fourth-order valence-corrected chi connectivity index (χ4v) is 2.04. The highest BCUT2D eigenvalue weighted by molar-refractivity contribution is 5.18. The van der Waals surface area contributed by atoms with Gasteiger partial charge in [0.25, 0.3) is 0 Å². The van der Waals surface area contributed by atoms with Crippen molar-refractivity contribution in [2.75, 3.05) is 13.1 Å². The molecule has 2 nitrogen and oxygen atoms in total. The lowest BCUT2D eigenvalue weighted by Crippen LogP contribution is -2.35. The number of benzene rings is 1. The van der Waals surface area contributed by atoms with Crippen LogP contribution in [0.2, 0.25) is 0 Å². The molecule has 2 rings (SSSR count). The molecule has 1 saturated heterocycles.